The summed E-state index contributed by atoms with van der Waals surface area (Å²) in [6.45, 7) is 20.0. The molecule has 3 aliphatic heterocycles. The molecule has 25 heavy (non-hydrogen) atoms. The summed E-state index contributed by atoms with van der Waals surface area (Å²) in [7, 11) is 0. The van der Waals surface area contributed by atoms with Crippen molar-refractivity contribution in [2.75, 3.05) is 39.3 Å². The lowest BCUT2D eigenvalue weighted by molar-refractivity contribution is 0.0271. The molecule has 0 aromatic rings. The van der Waals surface area contributed by atoms with Gasteiger partial charge in [0.15, 0.2) is 0 Å². The van der Waals surface area contributed by atoms with Crippen LogP contribution in [0, 0.1) is 11.3 Å². The summed E-state index contributed by atoms with van der Waals surface area (Å²) in [5, 5.41) is 0. The van der Waals surface area contributed by atoms with E-state index < -0.39 is 0 Å². The van der Waals surface area contributed by atoms with Crippen molar-refractivity contribution in [1.82, 2.24) is 14.7 Å². The van der Waals surface area contributed by atoms with E-state index in [1.807, 2.05) is 0 Å². The molecule has 0 atom stereocenters. The molecule has 0 aromatic heterocycles. The maximum atomic E-state index is 2.83. The lowest BCUT2D eigenvalue weighted by atomic mass is 9.75. The van der Waals surface area contributed by atoms with E-state index in [1.165, 1.54) is 77.8 Å². The zero-order valence-corrected chi connectivity index (χ0v) is 17.6. The highest BCUT2D eigenvalue weighted by atomic mass is 15.2. The molecule has 0 radical (unpaired) electrons. The van der Waals surface area contributed by atoms with E-state index in [4.69, 9.17) is 0 Å². The van der Waals surface area contributed by atoms with Crippen molar-refractivity contribution in [3.63, 3.8) is 0 Å². The SMILES string of the molecule is CC(C)N1CCC(N2CCC(N3CCC(C(C)(C)C)CC3)CC2)CC1. The first-order valence-electron chi connectivity index (χ1n) is 11.1. The summed E-state index contributed by atoms with van der Waals surface area (Å²) in [6.07, 6.45) is 8.42. The van der Waals surface area contributed by atoms with Crippen molar-refractivity contribution in [2.45, 2.75) is 91.3 Å². The van der Waals surface area contributed by atoms with Gasteiger partial charge in [-0.2, -0.15) is 0 Å². The molecule has 3 aliphatic rings. The third kappa shape index (κ3) is 4.99. The van der Waals surface area contributed by atoms with Crippen LogP contribution in [0.15, 0.2) is 0 Å². The van der Waals surface area contributed by atoms with Gasteiger partial charge in [-0.1, -0.05) is 20.8 Å². The van der Waals surface area contributed by atoms with Crippen LogP contribution in [0.3, 0.4) is 0 Å². The van der Waals surface area contributed by atoms with Gasteiger partial charge in [0.05, 0.1) is 0 Å². The van der Waals surface area contributed by atoms with Crippen molar-refractivity contribution < 1.29 is 0 Å². The van der Waals surface area contributed by atoms with Crippen LogP contribution in [0.4, 0.5) is 0 Å². The second kappa shape index (κ2) is 8.27. The minimum atomic E-state index is 0.500. The van der Waals surface area contributed by atoms with Crippen LogP contribution >= 0.6 is 0 Å². The van der Waals surface area contributed by atoms with Crippen LogP contribution in [0.2, 0.25) is 0 Å². The van der Waals surface area contributed by atoms with Gasteiger partial charge in [0.1, 0.15) is 0 Å². The van der Waals surface area contributed by atoms with Crippen LogP contribution in [0.25, 0.3) is 0 Å². The average molecular weight is 350 g/mol. The summed E-state index contributed by atoms with van der Waals surface area (Å²) in [5.41, 5.74) is 0.500. The zero-order valence-electron chi connectivity index (χ0n) is 17.6. The van der Waals surface area contributed by atoms with Crippen molar-refractivity contribution in [3.05, 3.63) is 0 Å². The van der Waals surface area contributed by atoms with Crippen LogP contribution in [0.1, 0.15) is 73.1 Å². The van der Waals surface area contributed by atoms with Crippen LogP contribution in [-0.2, 0) is 0 Å². The second-order valence-corrected chi connectivity index (χ2v) is 10.3. The molecule has 0 unspecified atom stereocenters. The molecule has 0 aromatic carbocycles. The Morgan fingerprint density at radius 2 is 1.04 bits per heavy atom. The summed E-state index contributed by atoms with van der Waals surface area (Å²) in [6, 6.07) is 2.46. The Bertz CT molecular complexity index is 390. The summed E-state index contributed by atoms with van der Waals surface area (Å²) < 4.78 is 0. The van der Waals surface area contributed by atoms with Gasteiger partial charge in [0.25, 0.3) is 0 Å². The summed E-state index contributed by atoms with van der Waals surface area (Å²) in [4.78, 5) is 8.32. The fourth-order valence-electron chi connectivity index (χ4n) is 5.51. The number of hydrogen-bond donors (Lipinski definition) is 0. The third-order valence-electron chi connectivity index (χ3n) is 7.52. The molecule has 0 N–H and O–H groups in total. The van der Waals surface area contributed by atoms with E-state index in [9.17, 15) is 0 Å². The first kappa shape index (κ1) is 19.6. The molecular formula is C22H43N3. The second-order valence-electron chi connectivity index (χ2n) is 10.3. The fourth-order valence-corrected chi connectivity index (χ4v) is 5.51. The van der Waals surface area contributed by atoms with Crippen molar-refractivity contribution in [3.8, 4) is 0 Å². The molecule has 0 bridgehead atoms. The molecule has 3 heteroatoms. The molecule has 0 aliphatic carbocycles. The molecule has 3 nitrogen and oxygen atoms in total. The van der Waals surface area contributed by atoms with E-state index >= 15 is 0 Å². The van der Waals surface area contributed by atoms with E-state index in [0.29, 0.717) is 5.41 Å². The van der Waals surface area contributed by atoms with Crippen LogP contribution in [-0.4, -0.2) is 72.1 Å². The topological polar surface area (TPSA) is 9.72 Å². The highest BCUT2D eigenvalue weighted by molar-refractivity contribution is 4.89. The Balaban J connectivity index is 1.40. The first-order chi connectivity index (χ1) is 11.8. The lowest BCUT2D eigenvalue weighted by Gasteiger charge is -2.47. The monoisotopic (exact) mass is 349 g/mol. The van der Waals surface area contributed by atoms with Crippen LogP contribution in [0.5, 0.6) is 0 Å². The number of piperidine rings is 3. The van der Waals surface area contributed by atoms with E-state index in [-0.39, 0.29) is 0 Å². The molecule has 3 saturated heterocycles. The minimum absolute atomic E-state index is 0.500. The zero-order chi connectivity index (χ0) is 18.0. The molecule has 3 fully saturated rings. The summed E-state index contributed by atoms with van der Waals surface area (Å²) >= 11 is 0. The number of hydrogen-bond acceptors (Lipinski definition) is 3. The predicted molar refractivity (Wildman–Crippen MR) is 108 cm³/mol. The Morgan fingerprint density at radius 1 is 0.640 bits per heavy atom. The molecule has 0 amide bonds. The number of likely N-dealkylation sites (tertiary alicyclic amines) is 3. The van der Waals surface area contributed by atoms with E-state index in [0.717, 1.165) is 24.0 Å². The standard InChI is InChI=1S/C22H43N3/c1-18(2)23-14-8-20(9-15-23)25-16-10-21(11-17-25)24-12-6-19(7-13-24)22(3,4)5/h18-21H,6-17H2,1-5H3. The largest absolute Gasteiger partial charge is 0.301 e. The Labute approximate surface area is 157 Å². The van der Waals surface area contributed by atoms with Gasteiger partial charge in [-0.25, -0.2) is 0 Å². The average Bonchev–Trinajstić information content (AvgIpc) is 2.61. The van der Waals surface area contributed by atoms with Crippen LogP contribution < -0.4 is 0 Å². The quantitative estimate of drug-likeness (QED) is 0.760. The minimum Gasteiger partial charge on any atom is -0.301 e. The first-order valence-corrected chi connectivity index (χ1v) is 11.1. The lowest BCUT2D eigenvalue weighted by Crippen LogP contribution is -2.53. The fraction of sp³-hybridized carbons (Fsp3) is 1.00. The number of rotatable bonds is 3. The predicted octanol–water partition coefficient (Wildman–Crippen LogP) is 4.08. The Kier molecular flexibility index (Phi) is 6.50. The normalized spacial score (nSPS) is 28.1. The maximum absolute atomic E-state index is 2.83. The molecular weight excluding hydrogens is 306 g/mol. The van der Waals surface area contributed by atoms with Gasteiger partial charge in [-0.05, 0) is 103 Å². The van der Waals surface area contributed by atoms with Gasteiger partial charge in [-0.3, -0.25) is 0 Å². The molecule has 3 heterocycles. The third-order valence-corrected chi connectivity index (χ3v) is 7.52. The smallest absolute Gasteiger partial charge is 0.0120 e. The Hall–Kier alpha value is -0.120. The van der Waals surface area contributed by atoms with Gasteiger partial charge in [0, 0.05) is 18.1 Å². The molecule has 3 rings (SSSR count). The van der Waals surface area contributed by atoms with Crippen molar-refractivity contribution in [2.24, 2.45) is 11.3 Å². The summed E-state index contributed by atoms with van der Waals surface area (Å²) in [5.74, 6) is 0.926. The van der Waals surface area contributed by atoms with Gasteiger partial charge in [0.2, 0.25) is 0 Å². The number of nitrogens with zero attached hydrogens (tertiary/aromatic N) is 3. The Morgan fingerprint density at radius 3 is 1.44 bits per heavy atom. The highest BCUT2D eigenvalue weighted by Crippen LogP contribution is 2.35. The molecule has 0 saturated carbocycles. The maximum Gasteiger partial charge on any atom is 0.0120 e. The van der Waals surface area contributed by atoms with E-state index in [2.05, 4.69) is 49.3 Å². The van der Waals surface area contributed by atoms with Gasteiger partial charge in [-0.15, -0.1) is 0 Å². The van der Waals surface area contributed by atoms with E-state index in [1.54, 1.807) is 0 Å². The van der Waals surface area contributed by atoms with Crippen molar-refractivity contribution in [1.29, 1.82) is 0 Å². The van der Waals surface area contributed by atoms with Gasteiger partial charge >= 0.3 is 0 Å². The van der Waals surface area contributed by atoms with Gasteiger partial charge < -0.3 is 14.7 Å². The highest BCUT2D eigenvalue weighted by Gasteiger charge is 2.34. The molecule has 0 spiro atoms. The van der Waals surface area contributed by atoms with Crippen molar-refractivity contribution >= 4 is 0 Å². The molecule has 146 valence electrons.